The molecule has 0 saturated heterocycles. The van der Waals surface area contributed by atoms with Crippen LogP contribution >= 0.6 is 0 Å². The van der Waals surface area contributed by atoms with Crippen LogP contribution in [0.1, 0.15) is 5.82 Å². The van der Waals surface area contributed by atoms with Crippen molar-refractivity contribution in [1.29, 1.82) is 0 Å². The molecule has 2 heterocycles. The normalized spacial score (nSPS) is 10.4. The van der Waals surface area contributed by atoms with Crippen molar-refractivity contribution in [2.24, 2.45) is 0 Å². The van der Waals surface area contributed by atoms with E-state index < -0.39 is 0 Å². The molecule has 6 heteroatoms. The molecule has 0 bridgehead atoms. The number of hydrogen-bond donors (Lipinski definition) is 1. The van der Waals surface area contributed by atoms with Crippen molar-refractivity contribution in [3.8, 4) is 17.2 Å². The van der Waals surface area contributed by atoms with Crippen LogP contribution in [0.5, 0.6) is 5.75 Å². The summed E-state index contributed by atoms with van der Waals surface area (Å²) in [6.07, 6.45) is 3.16. The van der Waals surface area contributed by atoms with E-state index in [4.69, 9.17) is 15.0 Å². The Morgan fingerprint density at radius 1 is 1.15 bits per heavy atom. The molecule has 2 aromatic heterocycles. The van der Waals surface area contributed by atoms with Gasteiger partial charge in [0.1, 0.15) is 5.75 Å². The van der Waals surface area contributed by atoms with E-state index in [9.17, 15) is 0 Å². The number of aromatic nitrogens is 3. The van der Waals surface area contributed by atoms with E-state index in [1.54, 1.807) is 18.5 Å². The minimum Gasteiger partial charge on any atom is -0.485 e. The van der Waals surface area contributed by atoms with Crippen molar-refractivity contribution < 1.29 is 9.26 Å². The summed E-state index contributed by atoms with van der Waals surface area (Å²) >= 11 is 0. The standard InChI is InChI=1S/C14H12N4O2/c15-12-8-16-7-6-11(12)14-17-13(18-20-14)9-19-10-4-2-1-3-5-10/h1-8H,9,15H2. The van der Waals surface area contributed by atoms with Gasteiger partial charge in [-0.05, 0) is 18.2 Å². The summed E-state index contributed by atoms with van der Waals surface area (Å²) in [6.45, 7) is 0.235. The molecule has 0 aliphatic rings. The molecule has 0 amide bonds. The highest BCUT2D eigenvalue weighted by molar-refractivity contribution is 5.68. The predicted octanol–water partition coefficient (Wildman–Crippen LogP) is 2.29. The molecular weight excluding hydrogens is 256 g/mol. The average Bonchev–Trinajstić information content (AvgIpc) is 2.95. The zero-order chi connectivity index (χ0) is 13.8. The van der Waals surface area contributed by atoms with Crippen LogP contribution in [-0.2, 0) is 6.61 Å². The molecule has 6 nitrogen and oxygen atoms in total. The first-order valence-corrected chi connectivity index (χ1v) is 6.03. The van der Waals surface area contributed by atoms with Crippen molar-refractivity contribution in [3.63, 3.8) is 0 Å². The van der Waals surface area contributed by atoms with Gasteiger partial charge in [-0.3, -0.25) is 4.98 Å². The Balaban J connectivity index is 1.73. The number of nitrogen functional groups attached to an aromatic ring is 1. The monoisotopic (exact) mass is 268 g/mol. The number of anilines is 1. The number of benzene rings is 1. The Hall–Kier alpha value is -2.89. The van der Waals surface area contributed by atoms with Crippen LogP contribution < -0.4 is 10.5 Å². The topological polar surface area (TPSA) is 87.1 Å². The Labute approximate surface area is 115 Å². The van der Waals surface area contributed by atoms with Crippen LogP contribution in [0, 0.1) is 0 Å². The van der Waals surface area contributed by atoms with Crippen LogP contribution in [0.2, 0.25) is 0 Å². The van der Waals surface area contributed by atoms with Gasteiger partial charge in [0.15, 0.2) is 6.61 Å². The number of ether oxygens (including phenoxy) is 1. The van der Waals surface area contributed by atoms with Crippen LogP contribution in [-0.4, -0.2) is 15.1 Å². The second-order valence-electron chi connectivity index (χ2n) is 4.08. The largest absolute Gasteiger partial charge is 0.485 e. The molecule has 0 fully saturated rings. The summed E-state index contributed by atoms with van der Waals surface area (Å²) in [6, 6.07) is 11.2. The van der Waals surface area contributed by atoms with Gasteiger partial charge in [0.25, 0.3) is 5.89 Å². The summed E-state index contributed by atoms with van der Waals surface area (Å²) in [5, 5.41) is 3.86. The summed E-state index contributed by atoms with van der Waals surface area (Å²) in [5.74, 6) is 1.57. The maximum atomic E-state index is 5.81. The van der Waals surface area contributed by atoms with Gasteiger partial charge >= 0.3 is 0 Å². The second-order valence-corrected chi connectivity index (χ2v) is 4.08. The van der Waals surface area contributed by atoms with E-state index in [2.05, 4.69) is 15.1 Å². The lowest BCUT2D eigenvalue weighted by molar-refractivity contribution is 0.287. The maximum Gasteiger partial charge on any atom is 0.260 e. The fourth-order valence-corrected chi connectivity index (χ4v) is 1.69. The van der Waals surface area contributed by atoms with Gasteiger partial charge in [-0.2, -0.15) is 4.98 Å². The fourth-order valence-electron chi connectivity index (χ4n) is 1.69. The van der Waals surface area contributed by atoms with E-state index in [1.807, 2.05) is 30.3 Å². The van der Waals surface area contributed by atoms with Crippen molar-refractivity contribution >= 4 is 5.69 Å². The Morgan fingerprint density at radius 2 is 2.00 bits per heavy atom. The smallest absolute Gasteiger partial charge is 0.260 e. The highest BCUT2D eigenvalue weighted by Crippen LogP contribution is 2.22. The maximum absolute atomic E-state index is 5.81. The van der Waals surface area contributed by atoms with Gasteiger partial charge in [-0.25, -0.2) is 0 Å². The van der Waals surface area contributed by atoms with Crippen LogP contribution in [0.4, 0.5) is 5.69 Å². The predicted molar refractivity (Wildman–Crippen MR) is 72.7 cm³/mol. The van der Waals surface area contributed by atoms with Gasteiger partial charge in [-0.1, -0.05) is 23.4 Å². The number of para-hydroxylation sites is 1. The first kappa shape index (κ1) is 12.2. The number of rotatable bonds is 4. The van der Waals surface area contributed by atoms with Crippen molar-refractivity contribution in [3.05, 3.63) is 54.6 Å². The third-order valence-electron chi connectivity index (χ3n) is 2.66. The molecule has 0 aliphatic heterocycles. The molecule has 0 aliphatic carbocycles. The van der Waals surface area contributed by atoms with Crippen LogP contribution in [0.25, 0.3) is 11.5 Å². The summed E-state index contributed by atoms with van der Waals surface area (Å²) in [5.41, 5.74) is 6.96. The van der Waals surface area contributed by atoms with Gasteiger partial charge in [0.2, 0.25) is 5.82 Å². The Kier molecular flexibility index (Phi) is 3.28. The molecule has 2 N–H and O–H groups in total. The molecule has 3 aromatic rings. The number of pyridine rings is 1. The van der Waals surface area contributed by atoms with E-state index in [-0.39, 0.29) is 6.61 Å². The SMILES string of the molecule is Nc1cnccc1-c1nc(COc2ccccc2)no1. The molecular formula is C14H12N4O2. The van der Waals surface area contributed by atoms with Gasteiger partial charge in [0, 0.05) is 6.20 Å². The zero-order valence-corrected chi connectivity index (χ0v) is 10.6. The van der Waals surface area contributed by atoms with Crippen molar-refractivity contribution in [2.45, 2.75) is 6.61 Å². The lowest BCUT2D eigenvalue weighted by Crippen LogP contribution is -1.97. The molecule has 0 atom stereocenters. The van der Waals surface area contributed by atoms with E-state index >= 15 is 0 Å². The molecule has 3 rings (SSSR count). The van der Waals surface area contributed by atoms with Crippen LogP contribution in [0.15, 0.2) is 53.3 Å². The molecule has 0 saturated carbocycles. The zero-order valence-electron chi connectivity index (χ0n) is 10.6. The Bertz CT molecular complexity index is 697. The van der Waals surface area contributed by atoms with Gasteiger partial charge in [-0.15, -0.1) is 0 Å². The lowest BCUT2D eigenvalue weighted by Gasteiger charge is -2.01. The van der Waals surface area contributed by atoms with Gasteiger partial charge < -0.3 is 15.0 Å². The molecule has 20 heavy (non-hydrogen) atoms. The fraction of sp³-hybridized carbons (Fsp3) is 0.0714. The number of nitrogens with two attached hydrogens (primary N) is 1. The van der Waals surface area contributed by atoms with Gasteiger partial charge in [0.05, 0.1) is 17.4 Å². The lowest BCUT2D eigenvalue weighted by atomic mass is 10.2. The van der Waals surface area contributed by atoms with E-state index in [1.165, 1.54) is 0 Å². The third kappa shape index (κ3) is 2.59. The summed E-state index contributed by atoms with van der Waals surface area (Å²) in [4.78, 5) is 8.16. The minimum absolute atomic E-state index is 0.235. The second kappa shape index (κ2) is 5.40. The first-order chi connectivity index (χ1) is 9.83. The van der Waals surface area contributed by atoms with Crippen LogP contribution in [0.3, 0.4) is 0 Å². The number of hydrogen-bond acceptors (Lipinski definition) is 6. The summed E-state index contributed by atoms with van der Waals surface area (Å²) < 4.78 is 10.7. The van der Waals surface area contributed by atoms with Crippen molar-refractivity contribution in [1.82, 2.24) is 15.1 Å². The first-order valence-electron chi connectivity index (χ1n) is 6.03. The molecule has 1 aromatic carbocycles. The number of nitrogens with zero attached hydrogens (tertiary/aromatic N) is 3. The quantitative estimate of drug-likeness (QED) is 0.781. The third-order valence-corrected chi connectivity index (χ3v) is 2.66. The van der Waals surface area contributed by atoms with Crippen molar-refractivity contribution in [2.75, 3.05) is 5.73 Å². The van der Waals surface area contributed by atoms with E-state index in [0.29, 0.717) is 23.0 Å². The average molecular weight is 268 g/mol. The summed E-state index contributed by atoms with van der Waals surface area (Å²) in [7, 11) is 0. The molecule has 0 spiro atoms. The molecule has 0 unspecified atom stereocenters. The minimum atomic E-state index is 0.235. The highest BCUT2D eigenvalue weighted by Gasteiger charge is 2.11. The Morgan fingerprint density at radius 3 is 2.80 bits per heavy atom. The van der Waals surface area contributed by atoms with E-state index in [0.717, 1.165) is 5.75 Å². The highest BCUT2D eigenvalue weighted by atomic mass is 16.5. The molecule has 0 radical (unpaired) electrons. The molecule has 100 valence electrons.